The molecule has 0 aliphatic carbocycles. The van der Waals surface area contributed by atoms with E-state index in [9.17, 15) is 4.79 Å². The fourth-order valence-corrected chi connectivity index (χ4v) is 2.00. The number of esters is 1. The zero-order chi connectivity index (χ0) is 17.5. The number of furan rings is 1. The van der Waals surface area contributed by atoms with E-state index in [1.54, 1.807) is 42.7 Å². The summed E-state index contributed by atoms with van der Waals surface area (Å²) in [5.41, 5.74) is 3.58. The van der Waals surface area contributed by atoms with Gasteiger partial charge in [0.2, 0.25) is 5.76 Å². The summed E-state index contributed by atoms with van der Waals surface area (Å²) in [6, 6.07) is 13.7. The van der Waals surface area contributed by atoms with E-state index in [0.717, 1.165) is 5.56 Å². The molecule has 2 heterocycles. The van der Waals surface area contributed by atoms with Crippen LogP contribution in [0.5, 0.6) is 11.5 Å². The van der Waals surface area contributed by atoms with Crippen LogP contribution in [0.3, 0.4) is 0 Å². The number of hydrogen-bond acceptors (Lipinski definition) is 7. The average Bonchev–Trinajstić information content (AvgIpc) is 3.18. The van der Waals surface area contributed by atoms with E-state index >= 15 is 0 Å². The predicted molar refractivity (Wildman–Crippen MR) is 92.1 cm³/mol. The van der Waals surface area contributed by atoms with Gasteiger partial charge in [0.1, 0.15) is 5.82 Å². The molecule has 2 aromatic heterocycles. The molecule has 126 valence electrons. The molecule has 3 rings (SSSR count). The lowest BCUT2D eigenvalue weighted by molar-refractivity contribution is 0.0696. The third-order valence-electron chi connectivity index (χ3n) is 3.17. The van der Waals surface area contributed by atoms with Crippen molar-refractivity contribution in [2.24, 2.45) is 5.10 Å². The van der Waals surface area contributed by atoms with E-state index in [1.165, 1.54) is 19.4 Å². The monoisotopic (exact) mass is 337 g/mol. The Morgan fingerprint density at radius 1 is 1.20 bits per heavy atom. The van der Waals surface area contributed by atoms with Crippen molar-refractivity contribution in [3.8, 4) is 11.5 Å². The maximum Gasteiger partial charge on any atom is 0.379 e. The molecule has 7 nitrogen and oxygen atoms in total. The van der Waals surface area contributed by atoms with Gasteiger partial charge in [0.15, 0.2) is 11.5 Å². The Morgan fingerprint density at radius 2 is 2.12 bits per heavy atom. The number of anilines is 1. The van der Waals surface area contributed by atoms with Crippen LogP contribution in [0.15, 0.2) is 70.5 Å². The Kier molecular flexibility index (Phi) is 5.06. The molecule has 0 atom stereocenters. The zero-order valence-corrected chi connectivity index (χ0v) is 13.4. The predicted octanol–water partition coefficient (Wildman–Crippen LogP) is 3.35. The summed E-state index contributed by atoms with van der Waals surface area (Å²) in [4.78, 5) is 16.0. The van der Waals surface area contributed by atoms with Gasteiger partial charge >= 0.3 is 5.97 Å². The van der Waals surface area contributed by atoms with E-state index in [-0.39, 0.29) is 5.76 Å². The van der Waals surface area contributed by atoms with E-state index in [4.69, 9.17) is 13.9 Å². The first-order valence-electron chi connectivity index (χ1n) is 7.40. The summed E-state index contributed by atoms with van der Waals surface area (Å²) >= 11 is 0. The van der Waals surface area contributed by atoms with Gasteiger partial charge in [-0.2, -0.15) is 5.10 Å². The van der Waals surface area contributed by atoms with Crippen molar-refractivity contribution >= 4 is 18.0 Å². The summed E-state index contributed by atoms with van der Waals surface area (Å²) < 4.78 is 15.6. The molecule has 0 unspecified atom stereocenters. The molecule has 1 aromatic carbocycles. The zero-order valence-electron chi connectivity index (χ0n) is 13.4. The fraction of sp³-hybridized carbons (Fsp3) is 0.0556. The van der Waals surface area contributed by atoms with E-state index in [2.05, 4.69) is 15.5 Å². The molecule has 0 saturated carbocycles. The van der Waals surface area contributed by atoms with Crippen LogP contribution in [-0.2, 0) is 0 Å². The molecule has 0 spiro atoms. The highest BCUT2D eigenvalue weighted by Gasteiger charge is 2.14. The van der Waals surface area contributed by atoms with E-state index in [0.29, 0.717) is 17.3 Å². The molecule has 0 amide bonds. The Hall–Kier alpha value is -3.61. The lowest BCUT2D eigenvalue weighted by atomic mass is 10.2. The van der Waals surface area contributed by atoms with Crippen molar-refractivity contribution in [3.63, 3.8) is 0 Å². The number of methoxy groups -OCH3 is 1. The number of nitrogens with zero attached hydrogens (tertiary/aromatic N) is 2. The third-order valence-corrected chi connectivity index (χ3v) is 3.17. The Balaban J connectivity index is 1.70. The topological polar surface area (TPSA) is 86.0 Å². The van der Waals surface area contributed by atoms with Gasteiger partial charge in [-0.15, -0.1) is 0 Å². The molecule has 0 fully saturated rings. The fourth-order valence-electron chi connectivity index (χ4n) is 2.00. The maximum atomic E-state index is 11.9. The molecular weight excluding hydrogens is 322 g/mol. The van der Waals surface area contributed by atoms with Crippen molar-refractivity contribution in [1.29, 1.82) is 0 Å². The first-order chi connectivity index (χ1) is 12.3. The van der Waals surface area contributed by atoms with Gasteiger partial charge in [-0.05, 0) is 48.0 Å². The molecule has 0 aliphatic rings. The summed E-state index contributed by atoms with van der Waals surface area (Å²) in [5.74, 6) is 0.851. The molecule has 0 radical (unpaired) electrons. The molecule has 25 heavy (non-hydrogen) atoms. The maximum absolute atomic E-state index is 11.9. The summed E-state index contributed by atoms with van der Waals surface area (Å²) in [5, 5.41) is 4.10. The number of rotatable bonds is 6. The Labute approximate surface area is 143 Å². The standard InChI is InChI=1S/C18H15N3O4/c1-23-16-11-13(12-20-21-17-6-2-3-9-19-17)7-8-14(16)25-18(22)15-5-4-10-24-15/h2-12H,1H3,(H,19,21). The van der Waals surface area contributed by atoms with Gasteiger partial charge in [0.25, 0.3) is 0 Å². The number of benzene rings is 1. The van der Waals surface area contributed by atoms with Gasteiger partial charge in [-0.3, -0.25) is 5.43 Å². The van der Waals surface area contributed by atoms with Gasteiger partial charge in [-0.1, -0.05) is 6.07 Å². The van der Waals surface area contributed by atoms with Crippen LogP contribution < -0.4 is 14.9 Å². The van der Waals surface area contributed by atoms with E-state index < -0.39 is 5.97 Å². The molecule has 0 saturated heterocycles. The van der Waals surface area contributed by atoms with Gasteiger partial charge < -0.3 is 13.9 Å². The van der Waals surface area contributed by atoms with Crippen LogP contribution in [-0.4, -0.2) is 24.3 Å². The molecule has 7 heteroatoms. The highest BCUT2D eigenvalue weighted by molar-refractivity contribution is 5.89. The number of carbonyl (C=O) groups excluding carboxylic acids is 1. The van der Waals surface area contributed by atoms with Crippen LogP contribution in [0.1, 0.15) is 16.1 Å². The number of ether oxygens (including phenoxy) is 2. The molecule has 0 bridgehead atoms. The smallest absolute Gasteiger partial charge is 0.379 e. The minimum absolute atomic E-state index is 0.118. The van der Waals surface area contributed by atoms with Gasteiger partial charge in [0, 0.05) is 6.20 Å². The molecular formula is C18H15N3O4. The van der Waals surface area contributed by atoms with Crippen molar-refractivity contribution in [2.45, 2.75) is 0 Å². The number of aromatic nitrogens is 1. The van der Waals surface area contributed by atoms with Crippen LogP contribution in [0, 0.1) is 0 Å². The number of hydrazone groups is 1. The number of nitrogens with one attached hydrogen (secondary N) is 1. The molecule has 1 N–H and O–H groups in total. The number of pyridine rings is 1. The summed E-state index contributed by atoms with van der Waals surface area (Å²) in [6.07, 6.45) is 4.68. The number of hydrogen-bond donors (Lipinski definition) is 1. The van der Waals surface area contributed by atoms with Crippen LogP contribution >= 0.6 is 0 Å². The first kappa shape index (κ1) is 16.3. The van der Waals surface area contributed by atoms with Crippen molar-refractivity contribution in [3.05, 3.63) is 72.3 Å². The minimum Gasteiger partial charge on any atom is -0.493 e. The first-order valence-corrected chi connectivity index (χ1v) is 7.40. The minimum atomic E-state index is -0.596. The summed E-state index contributed by atoms with van der Waals surface area (Å²) in [7, 11) is 1.49. The van der Waals surface area contributed by atoms with Crippen molar-refractivity contribution in [2.75, 3.05) is 12.5 Å². The highest BCUT2D eigenvalue weighted by atomic mass is 16.6. The second-order valence-electron chi connectivity index (χ2n) is 4.86. The highest BCUT2D eigenvalue weighted by Crippen LogP contribution is 2.28. The lowest BCUT2D eigenvalue weighted by Crippen LogP contribution is -2.08. The molecule has 0 aliphatic heterocycles. The van der Waals surface area contributed by atoms with Gasteiger partial charge in [-0.25, -0.2) is 9.78 Å². The van der Waals surface area contributed by atoms with Crippen LogP contribution in [0.4, 0.5) is 5.82 Å². The normalized spacial score (nSPS) is 10.6. The van der Waals surface area contributed by atoms with Crippen LogP contribution in [0.25, 0.3) is 0 Å². The SMILES string of the molecule is COc1cc(C=NNc2ccccn2)ccc1OC(=O)c1ccco1. The average molecular weight is 337 g/mol. The van der Waals surface area contributed by atoms with Crippen LogP contribution in [0.2, 0.25) is 0 Å². The largest absolute Gasteiger partial charge is 0.493 e. The Bertz CT molecular complexity index is 861. The third kappa shape index (κ3) is 4.23. The van der Waals surface area contributed by atoms with E-state index in [1.807, 2.05) is 12.1 Å². The Morgan fingerprint density at radius 3 is 2.84 bits per heavy atom. The number of carbonyl (C=O) groups is 1. The second-order valence-corrected chi connectivity index (χ2v) is 4.86. The van der Waals surface area contributed by atoms with Gasteiger partial charge in [0.05, 0.1) is 19.6 Å². The second kappa shape index (κ2) is 7.78. The van der Waals surface area contributed by atoms with Crippen molar-refractivity contribution < 1.29 is 18.7 Å². The summed E-state index contributed by atoms with van der Waals surface area (Å²) in [6.45, 7) is 0. The lowest BCUT2D eigenvalue weighted by Gasteiger charge is -2.09. The molecule has 3 aromatic rings. The quantitative estimate of drug-likeness (QED) is 0.321. The van der Waals surface area contributed by atoms with Crippen molar-refractivity contribution in [1.82, 2.24) is 4.98 Å².